The molecule has 1 unspecified atom stereocenters. The van der Waals surface area contributed by atoms with Crippen LogP contribution in [0.15, 0.2) is 24.3 Å². The molecular weight excluding hydrogens is 266 g/mol. The number of hydrogen-bond acceptors (Lipinski definition) is 2. The Hall–Kier alpha value is -0.540. The van der Waals surface area contributed by atoms with E-state index in [0.717, 1.165) is 12.3 Å². The number of hydrogen-bond donors (Lipinski definition) is 1. The Balaban J connectivity index is 0.00000128. The van der Waals surface area contributed by atoms with Crippen molar-refractivity contribution in [3.05, 3.63) is 29.8 Å². The van der Waals surface area contributed by atoms with E-state index in [2.05, 4.69) is 18.0 Å². The Bertz CT molecular complexity index is 329. The highest BCUT2D eigenvalue weighted by molar-refractivity contribution is 8.93. The largest absolute Gasteiger partial charge is 0.508 e. The van der Waals surface area contributed by atoms with Gasteiger partial charge in [0.25, 0.3) is 0 Å². The van der Waals surface area contributed by atoms with E-state index in [0.29, 0.717) is 5.75 Å². The van der Waals surface area contributed by atoms with Crippen LogP contribution in [0, 0.1) is 5.92 Å². The van der Waals surface area contributed by atoms with E-state index in [1.54, 1.807) is 6.07 Å². The summed E-state index contributed by atoms with van der Waals surface area (Å²) in [5.41, 5.74) is 1.26. The van der Waals surface area contributed by atoms with Gasteiger partial charge >= 0.3 is 0 Å². The zero-order valence-electron chi connectivity index (χ0n) is 9.72. The van der Waals surface area contributed by atoms with E-state index in [1.807, 2.05) is 12.1 Å². The van der Waals surface area contributed by atoms with Gasteiger partial charge in [0, 0.05) is 6.54 Å². The van der Waals surface area contributed by atoms with Crippen molar-refractivity contribution in [2.75, 3.05) is 20.1 Å². The van der Waals surface area contributed by atoms with E-state index in [9.17, 15) is 5.11 Å². The van der Waals surface area contributed by atoms with Crippen LogP contribution in [0.2, 0.25) is 0 Å². The van der Waals surface area contributed by atoms with Gasteiger partial charge in [-0.15, -0.1) is 17.0 Å². The molecule has 1 aliphatic rings. The summed E-state index contributed by atoms with van der Waals surface area (Å²) in [6.07, 6.45) is 3.72. The quantitative estimate of drug-likeness (QED) is 0.903. The molecule has 1 aromatic rings. The van der Waals surface area contributed by atoms with Crippen molar-refractivity contribution in [3.63, 3.8) is 0 Å². The lowest BCUT2D eigenvalue weighted by Gasteiger charge is -2.29. The van der Waals surface area contributed by atoms with E-state index >= 15 is 0 Å². The molecule has 0 spiro atoms. The fraction of sp³-hybridized carbons (Fsp3) is 0.538. The average Bonchev–Trinajstić information content (AvgIpc) is 2.17. The lowest BCUT2D eigenvalue weighted by Crippen LogP contribution is -2.32. The SMILES string of the molecule is Br.CN1CCCC(Cc2cccc(O)c2)C1. The molecule has 1 fully saturated rings. The molecule has 0 aromatic heterocycles. The summed E-state index contributed by atoms with van der Waals surface area (Å²) in [5.74, 6) is 1.14. The van der Waals surface area contributed by atoms with Crippen molar-refractivity contribution in [3.8, 4) is 5.75 Å². The van der Waals surface area contributed by atoms with Gasteiger partial charge in [0.2, 0.25) is 0 Å². The molecule has 1 N–H and O–H groups in total. The van der Waals surface area contributed by atoms with Crippen molar-refractivity contribution >= 4 is 17.0 Å². The van der Waals surface area contributed by atoms with E-state index in [-0.39, 0.29) is 17.0 Å². The lowest BCUT2D eigenvalue weighted by atomic mass is 9.91. The molecule has 0 amide bonds. The van der Waals surface area contributed by atoms with E-state index in [1.165, 1.54) is 31.5 Å². The highest BCUT2D eigenvalue weighted by atomic mass is 79.9. The monoisotopic (exact) mass is 285 g/mol. The molecule has 2 rings (SSSR count). The standard InChI is InChI=1S/C13H19NO.BrH/c1-14-7-3-5-12(10-14)8-11-4-2-6-13(15)9-11;/h2,4,6,9,12,15H,3,5,7-8,10H2,1H3;1H. The highest BCUT2D eigenvalue weighted by Gasteiger charge is 2.17. The number of nitrogens with zero attached hydrogens (tertiary/aromatic N) is 1. The maximum atomic E-state index is 9.38. The Morgan fingerprint density at radius 3 is 2.94 bits per heavy atom. The van der Waals surface area contributed by atoms with E-state index < -0.39 is 0 Å². The Morgan fingerprint density at radius 1 is 1.44 bits per heavy atom. The van der Waals surface area contributed by atoms with Crippen LogP contribution in [0.25, 0.3) is 0 Å². The Morgan fingerprint density at radius 2 is 2.25 bits per heavy atom. The van der Waals surface area contributed by atoms with Gasteiger partial charge in [0.1, 0.15) is 5.75 Å². The molecule has 0 saturated carbocycles. The van der Waals surface area contributed by atoms with Crippen molar-refractivity contribution in [1.82, 2.24) is 4.90 Å². The van der Waals surface area contributed by atoms with Crippen LogP contribution >= 0.6 is 17.0 Å². The molecule has 1 heterocycles. The van der Waals surface area contributed by atoms with Gasteiger partial charge in [-0.25, -0.2) is 0 Å². The maximum absolute atomic E-state index is 9.38. The number of piperidine rings is 1. The fourth-order valence-corrected chi connectivity index (χ4v) is 2.46. The smallest absolute Gasteiger partial charge is 0.115 e. The number of benzene rings is 1. The highest BCUT2D eigenvalue weighted by Crippen LogP contribution is 2.21. The molecule has 16 heavy (non-hydrogen) atoms. The van der Waals surface area contributed by atoms with Crippen molar-refractivity contribution in [2.24, 2.45) is 5.92 Å². The zero-order valence-corrected chi connectivity index (χ0v) is 11.4. The van der Waals surface area contributed by atoms with Crippen LogP contribution in [0.4, 0.5) is 0 Å². The topological polar surface area (TPSA) is 23.5 Å². The lowest BCUT2D eigenvalue weighted by molar-refractivity contribution is 0.209. The summed E-state index contributed by atoms with van der Waals surface area (Å²) < 4.78 is 0. The first-order chi connectivity index (χ1) is 7.24. The second kappa shape index (κ2) is 6.26. The van der Waals surface area contributed by atoms with Crippen LogP contribution in [-0.4, -0.2) is 30.1 Å². The van der Waals surface area contributed by atoms with Gasteiger partial charge in [0.15, 0.2) is 0 Å². The number of likely N-dealkylation sites (tertiary alicyclic amines) is 1. The maximum Gasteiger partial charge on any atom is 0.115 e. The van der Waals surface area contributed by atoms with Crippen LogP contribution < -0.4 is 0 Å². The number of phenolic OH excluding ortho intramolecular Hbond substituents is 1. The molecule has 2 nitrogen and oxygen atoms in total. The minimum atomic E-state index is 0. The molecule has 0 bridgehead atoms. The first-order valence-electron chi connectivity index (χ1n) is 5.70. The van der Waals surface area contributed by atoms with Crippen molar-refractivity contribution < 1.29 is 5.11 Å². The third-order valence-electron chi connectivity index (χ3n) is 3.16. The number of halogens is 1. The summed E-state index contributed by atoms with van der Waals surface area (Å²) in [6.45, 7) is 2.42. The van der Waals surface area contributed by atoms with Gasteiger partial charge in [-0.2, -0.15) is 0 Å². The fourth-order valence-electron chi connectivity index (χ4n) is 2.46. The minimum Gasteiger partial charge on any atom is -0.508 e. The summed E-state index contributed by atoms with van der Waals surface area (Å²) >= 11 is 0. The third kappa shape index (κ3) is 3.80. The molecule has 3 heteroatoms. The normalized spacial score (nSPS) is 21.4. The molecular formula is C13H20BrNO. The second-order valence-electron chi connectivity index (χ2n) is 4.64. The molecule has 1 aliphatic heterocycles. The van der Waals surface area contributed by atoms with Gasteiger partial charge in [-0.3, -0.25) is 0 Å². The van der Waals surface area contributed by atoms with E-state index in [4.69, 9.17) is 0 Å². The van der Waals surface area contributed by atoms with Gasteiger partial charge in [-0.1, -0.05) is 12.1 Å². The van der Waals surface area contributed by atoms with Crippen LogP contribution in [0.5, 0.6) is 5.75 Å². The summed E-state index contributed by atoms with van der Waals surface area (Å²) in [7, 11) is 2.19. The number of phenols is 1. The average molecular weight is 286 g/mol. The molecule has 1 saturated heterocycles. The van der Waals surface area contributed by atoms with Crippen LogP contribution in [0.3, 0.4) is 0 Å². The van der Waals surface area contributed by atoms with Crippen molar-refractivity contribution in [1.29, 1.82) is 0 Å². The van der Waals surface area contributed by atoms with Crippen LogP contribution in [-0.2, 0) is 6.42 Å². The third-order valence-corrected chi connectivity index (χ3v) is 3.16. The summed E-state index contributed by atoms with van der Waals surface area (Å²) in [5, 5.41) is 9.38. The summed E-state index contributed by atoms with van der Waals surface area (Å²) in [6, 6.07) is 7.65. The minimum absolute atomic E-state index is 0. The van der Waals surface area contributed by atoms with Gasteiger partial charge in [-0.05, 0) is 56.5 Å². The van der Waals surface area contributed by atoms with Crippen LogP contribution in [0.1, 0.15) is 18.4 Å². The first-order valence-corrected chi connectivity index (χ1v) is 5.70. The number of aromatic hydroxyl groups is 1. The van der Waals surface area contributed by atoms with Gasteiger partial charge < -0.3 is 10.0 Å². The van der Waals surface area contributed by atoms with Crippen molar-refractivity contribution in [2.45, 2.75) is 19.3 Å². The predicted molar refractivity (Wildman–Crippen MR) is 72.4 cm³/mol. The molecule has 0 radical (unpaired) electrons. The summed E-state index contributed by atoms with van der Waals surface area (Å²) in [4.78, 5) is 2.40. The molecule has 90 valence electrons. The predicted octanol–water partition coefficient (Wildman–Crippen LogP) is 2.85. The Kier molecular flexibility index (Phi) is 5.29. The molecule has 1 atom stereocenters. The second-order valence-corrected chi connectivity index (χ2v) is 4.64. The number of rotatable bonds is 2. The van der Waals surface area contributed by atoms with Gasteiger partial charge in [0.05, 0.1) is 0 Å². The first kappa shape index (κ1) is 13.5. The zero-order chi connectivity index (χ0) is 10.7. The Labute approximate surface area is 108 Å². The molecule has 0 aliphatic carbocycles. The molecule has 1 aromatic carbocycles.